The molecule has 3 amide bonds. The summed E-state index contributed by atoms with van der Waals surface area (Å²) in [5, 5.41) is 0. The minimum Gasteiger partial charge on any atom is -0.448 e. The Morgan fingerprint density at radius 2 is 1.95 bits per heavy atom. The lowest BCUT2D eigenvalue weighted by Crippen LogP contribution is -2.42. The van der Waals surface area contributed by atoms with Gasteiger partial charge in [-0.1, -0.05) is 0 Å². The summed E-state index contributed by atoms with van der Waals surface area (Å²) in [5.74, 6) is -0.382. The van der Waals surface area contributed by atoms with E-state index in [2.05, 4.69) is 0 Å². The molecule has 0 radical (unpaired) electrons. The normalized spacial score (nSPS) is 20.5. The first kappa shape index (κ1) is 13.6. The number of hydrogen-bond acceptors (Lipinski definition) is 4. The minimum atomic E-state index is -0.347. The number of amides is 3. The molecule has 106 valence electrons. The van der Waals surface area contributed by atoms with Crippen molar-refractivity contribution in [3.05, 3.63) is 0 Å². The Labute approximate surface area is 111 Å². The van der Waals surface area contributed by atoms with Crippen LogP contribution in [0, 0.1) is 5.92 Å². The van der Waals surface area contributed by atoms with Crippen LogP contribution in [0.1, 0.15) is 19.3 Å². The van der Waals surface area contributed by atoms with Gasteiger partial charge in [0, 0.05) is 32.0 Å². The molecule has 2 fully saturated rings. The molecular weight excluding hydrogens is 250 g/mol. The van der Waals surface area contributed by atoms with Crippen LogP contribution in [0.25, 0.3) is 0 Å². The number of primary amides is 1. The van der Waals surface area contributed by atoms with Crippen LogP contribution in [0.5, 0.6) is 0 Å². The van der Waals surface area contributed by atoms with Crippen molar-refractivity contribution in [1.82, 2.24) is 9.80 Å². The van der Waals surface area contributed by atoms with Crippen molar-refractivity contribution in [2.45, 2.75) is 19.3 Å². The molecule has 2 aliphatic heterocycles. The topological polar surface area (TPSA) is 92.9 Å². The molecule has 7 heteroatoms. The molecule has 0 aromatic rings. The smallest absolute Gasteiger partial charge is 0.409 e. The SMILES string of the molecule is NC(=O)C1CCN(C(=O)CCN2CCOC2=O)CC1. The molecule has 0 aromatic carbocycles. The predicted octanol–water partition coefficient (Wildman–Crippen LogP) is -0.447. The van der Waals surface area contributed by atoms with E-state index in [9.17, 15) is 14.4 Å². The Morgan fingerprint density at radius 1 is 1.26 bits per heavy atom. The molecule has 0 spiro atoms. The number of cyclic esters (lactones) is 1. The lowest BCUT2D eigenvalue weighted by Gasteiger charge is -2.31. The molecule has 19 heavy (non-hydrogen) atoms. The maximum Gasteiger partial charge on any atom is 0.409 e. The van der Waals surface area contributed by atoms with Gasteiger partial charge in [0.2, 0.25) is 11.8 Å². The van der Waals surface area contributed by atoms with Gasteiger partial charge >= 0.3 is 6.09 Å². The molecule has 2 saturated heterocycles. The lowest BCUT2D eigenvalue weighted by molar-refractivity contribution is -0.135. The monoisotopic (exact) mass is 269 g/mol. The highest BCUT2D eigenvalue weighted by molar-refractivity contribution is 5.79. The fourth-order valence-electron chi connectivity index (χ4n) is 2.43. The number of rotatable bonds is 4. The van der Waals surface area contributed by atoms with Crippen LogP contribution < -0.4 is 5.73 Å². The van der Waals surface area contributed by atoms with E-state index in [1.807, 2.05) is 0 Å². The summed E-state index contributed by atoms with van der Waals surface area (Å²) in [4.78, 5) is 37.5. The van der Waals surface area contributed by atoms with Gasteiger partial charge in [0.1, 0.15) is 6.61 Å². The van der Waals surface area contributed by atoms with Crippen LogP contribution in [0.2, 0.25) is 0 Å². The van der Waals surface area contributed by atoms with Crippen LogP contribution in [-0.4, -0.2) is 60.5 Å². The largest absolute Gasteiger partial charge is 0.448 e. The van der Waals surface area contributed by atoms with E-state index in [0.29, 0.717) is 52.0 Å². The summed E-state index contributed by atoms with van der Waals surface area (Å²) in [6, 6.07) is 0. The van der Waals surface area contributed by atoms with Crippen molar-refractivity contribution < 1.29 is 19.1 Å². The van der Waals surface area contributed by atoms with Crippen molar-refractivity contribution in [1.29, 1.82) is 0 Å². The summed E-state index contributed by atoms with van der Waals surface area (Å²) in [5.41, 5.74) is 5.24. The average molecular weight is 269 g/mol. The fourth-order valence-corrected chi connectivity index (χ4v) is 2.43. The van der Waals surface area contributed by atoms with Gasteiger partial charge in [0.05, 0.1) is 6.54 Å². The zero-order chi connectivity index (χ0) is 13.8. The molecule has 0 aliphatic carbocycles. The summed E-state index contributed by atoms with van der Waals surface area (Å²) in [6.45, 7) is 2.48. The van der Waals surface area contributed by atoms with Crippen molar-refractivity contribution in [2.75, 3.05) is 32.8 Å². The van der Waals surface area contributed by atoms with Gasteiger partial charge in [-0.2, -0.15) is 0 Å². The van der Waals surface area contributed by atoms with Gasteiger partial charge in [-0.3, -0.25) is 9.59 Å². The Hall–Kier alpha value is -1.79. The minimum absolute atomic E-state index is 0.0163. The van der Waals surface area contributed by atoms with Crippen LogP contribution in [0.15, 0.2) is 0 Å². The van der Waals surface area contributed by atoms with E-state index in [1.54, 1.807) is 4.90 Å². The average Bonchev–Trinajstić information content (AvgIpc) is 2.81. The first-order chi connectivity index (χ1) is 9.08. The lowest BCUT2D eigenvalue weighted by atomic mass is 9.96. The van der Waals surface area contributed by atoms with Crippen molar-refractivity contribution in [2.24, 2.45) is 11.7 Å². The zero-order valence-electron chi connectivity index (χ0n) is 10.8. The highest BCUT2D eigenvalue weighted by atomic mass is 16.6. The van der Waals surface area contributed by atoms with Crippen LogP contribution in [-0.2, 0) is 14.3 Å². The van der Waals surface area contributed by atoms with Crippen LogP contribution in [0.3, 0.4) is 0 Å². The van der Waals surface area contributed by atoms with E-state index in [-0.39, 0.29) is 23.8 Å². The third-order valence-corrected chi connectivity index (χ3v) is 3.69. The van der Waals surface area contributed by atoms with E-state index >= 15 is 0 Å². The standard InChI is InChI=1S/C12H19N3O4/c13-11(17)9-1-4-14(5-2-9)10(16)3-6-15-7-8-19-12(15)18/h9H,1-8H2,(H2,13,17). The molecule has 0 aromatic heterocycles. The summed E-state index contributed by atoms with van der Waals surface area (Å²) in [7, 11) is 0. The molecule has 0 unspecified atom stereocenters. The third kappa shape index (κ3) is 3.36. The quantitative estimate of drug-likeness (QED) is 0.748. The second-order valence-electron chi connectivity index (χ2n) is 4.91. The summed E-state index contributed by atoms with van der Waals surface area (Å²) in [6.07, 6.45) is 1.22. The van der Waals surface area contributed by atoms with Crippen LogP contribution >= 0.6 is 0 Å². The van der Waals surface area contributed by atoms with Crippen molar-refractivity contribution >= 4 is 17.9 Å². The predicted molar refractivity (Wildman–Crippen MR) is 66.0 cm³/mol. The number of carbonyl (C=O) groups is 3. The van der Waals surface area contributed by atoms with Crippen molar-refractivity contribution in [3.63, 3.8) is 0 Å². The first-order valence-corrected chi connectivity index (χ1v) is 6.56. The second-order valence-corrected chi connectivity index (χ2v) is 4.91. The number of ether oxygens (including phenoxy) is 1. The molecule has 0 saturated carbocycles. The van der Waals surface area contributed by atoms with Gasteiger partial charge in [-0.05, 0) is 12.8 Å². The fraction of sp³-hybridized carbons (Fsp3) is 0.750. The third-order valence-electron chi connectivity index (χ3n) is 3.69. The van der Waals surface area contributed by atoms with Crippen LogP contribution in [0.4, 0.5) is 4.79 Å². The van der Waals surface area contributed by atoms with E-state index < -0.39 is 0 Å². The molecule has 2 rings (SSSR count). The number of likely N-dealkylation sites (tertiary alicyclic amines) is 1. The molecule has 2 aliphatic rings. The van der Waals surface area contributed by atoms with Gasteiger partial charge in [-0.25, -0.2) is 4.79 Å². The van der Waals surface area contributed by atoms with Crippen molar-refractivity contribution in [3.8, 4) is 0 Å². The number of hydrogen-bond donors (Lipinski definition) is 1. The Bertz CT molecular complexity index is 377. The maximum absolute atomic E-state index is 12.0. The molecule has 0 bridgehead atoms. The highest BCUT2D eigenvalue weighted by Gasteiger charge is 2.27. The Balaban J connectivity index is 1.72. The zero-order valence-corrected chi connectivity index (χ0v) is 10.8. The Morgan fingerprint density at radius 3 is 2.47 bits per heavy atom. The van der Waals surface area contributed by atoms with Gasteiger partial charge in [0.25, 0.3) is 0 Å². The molecule has 2 heterocycles. The highest BCUT2D eigenvalue weighted by Crippen LogP contribution is 2.17. The van der Waals surface area contributed by atoms with E-state index in [1.165, 1.54) is 4.90 Å². The number of carbonyl (C=O) groups excluding carboxylic acids is 3. The second kappa shape index (κ2) is 5.90. The van der Waals surface area contributed by atoms with Gasteiger partial charge in [-0.15, -0.1) is 0 Å². The number of nitrogens with two attached hydrogens (primary N) is 1. The maximum atomic E-state index is 12.0. The first-order valence-electron chi connectivity index (χ1n) is 6.56. The van der Waals surface area contributed by atoms with E-state index in [0.717, 1.165) is 0 Å². The molecule has 0 atom stereocenters. The summed E-state index contributed by atoms with van der Waals surface area (Å²) < 4.78 is 4.79. The van der Waals surface area contributed by atoms with Gasteiger partial charge in [0.15, 0.2) is 0 Å². The number of piperidine rings is 1. The van der Waals surface area contributed by atoms with E-state index in [4.69, 9.17) is 10.5 Å². The molecule has 2 N–H and O–H groups in total. The molecular formula is C12H19N3O4. The summed E-state index contributed by atoms with van der Waals surface area (Å²) >= 11 is 0. The Kier molecular flexibility index (Phi) is 4.24. The number of nitrogens with zero attached hydrogens (tertiary/aromatic N) is 2. The van der Waals surface area contributed by atoms with Gasteiger partial charge < -0.3 is 20.3 Å². The molecule has 7 nitrogen and oxygen atoms in total.